The molecule has 0 saturated heterocycles. The molecule has 0 aromatic heterocycles. The normalized spacial score (nSPS) is 10.3. The van der Waals surface area contributed by atoms with E-state index in [9.17, 15) is 4.79 Å². The van der Waals surface area contributed by atoms with Crippen molar-refractivity contribution in [2.45, 2.75) is 11.9 Å². The number of carbonyl (C=O) groups is 1. The highest BCUT2D eigenvalue weighted by molar-refractivity contribution is 9.10. The van der Waals surface area contributed by atoms with Gasteiger partial charge in [-0.25, -0.2) is 0 Å². The molecule has 2 nitrogen and oxygen atoms in total. The summed E-state index contributed by atoms with van der Waals surface area (Å²) in [6.45, 7) is 0.502. The van der Waals surface area contributed by atoms with Gasteiger partial charge in [-0.05, 0) is 45.3 Å². The lowest BCUT2D eigenvalue weighted by atomic mass is 10.1. The smallest absolute Gasteiger partial charge is 0.251 e. The molecule has 5 heteroatoms. The van der Waals surface area contributed by atoms with Crippen LogP contribution in [0.5, 0.6) is 0 Å². The first-order valence-corrected chi connectivity index (χ1v) is 8.26. The molecule has 2 aromatic rings. The van der Waals surface area contributed by atoms with Crippen molar-refractivity contribution >= 4 is 49.4 Å². The molecular formula is C15H12Br2ClNO. The van der Waals surface area contributed by atoms with Gasteiger partial charge in [-0.1, -0.05) is 51.8 Å². The lowest BCUT2D eigenvalue weighted by Crippen LogP contribution is -2.22. The molecule has 0 aliphatic rings. The van der Waals surface area contributed by atoms with E-state index in [1.807, 2.05) is 24.3 Å². The average Bonchev–Trinajstić information content (AvgIpc) is 2.48. The van der Waals surface area contributed by atoms with Gasteiger partial charge < -0.3 is 5.32 Å². The highest BCUT2D eigenvalue weighted by Crippen LogP contribution is 2.23. The van der Waals surface area contributed by atoms with E-state index in [1.54, 1.807) is 18.2 Å². The number of nitrogens with one attached hydrogen (secondary N) is 1. The number of rotatable bonds is 4. The Kier molecular flexibility index (Phi) is 5.64. The quantitative estimate of drug-likeness (QED) is 0.703. The maximum atomic E-state index is 12.0. The molecule has 0 aliphatic carbocycles. The number of hydrogen-bond donors (Lipinski definition) is 1. The van der Waals surface area contributed by atoms with Crippen LogP contribution in [0.15, 0.2) is 46.9 Å². The molecule has 0 bridgehead atoms. The Hall–Kier alpha value is -0.840. The molecule has 0 fully saturated rings. The molecule has 0 radical (unpaired) electrons. The maximum Gasteiger partial charge on any atom is 0.251 e. The van der Waals surface area contributed by atoms with E-state index < -0.39 is 0 Å². The van der Waals surface area contributed by atoms with Crippen LogP contribution < -0.4 is 5.32 Å². The lowest BCUT2D eigenvalue weighted by molar-refractivity contribution is 0.0951. The molecule has 20 heavy (non-hydrogen) atoms. The van der Waals surface area contributed by atoms with Gasteiger partial charge in [0.25, 0.3) is 5.91 Å². The van der Waals surface area contributed by atoms with Gasteiger partial charge in [-0.2, -0.15) is 0 Å². The van der Waals surface area contributed by atoms with E-state index in [0.717, 1.165) is 10.9 Å². The van der Waals surface area contributed by atoms with Gasteiger partial charge >= 0.3 is 0 Å². The highest BCUT2D eigenvalue weighted by Gasteiger charge is 2.07. The Morgan fingerprint density at radius 2 is 1.75 bits per heavy atom. The Balaban J connectivity index is 1.98. The summed E-state index contributed by atoms with van der Waals surface area (Å²) in [5.74, 6) is -0.119. The fraction of sp³-hybridized carbons (Fsp3) is 0.133. The Labute approximate surface area is 139 Å². The van der Waals surface area contributed by atoms with Crippen molar-refractivity contribution < 1.29 is 4.79 Å². The van der Waals surface area contributed by atoms with Gasteiger partial charge in [0, 0.05) is 21.9 Å². The number of benzene rings is 2. The van der Waals surface area contributed by atoms with Gasteiger partial charge in [0.1, 0.15) is 0 Å². The number of amides is 1. The molecule has 1 N–H and O–H groups in total. The van der Waals surface area contributed by atoms with E-state index in [-0.39, 0.29) is 5.91 Å². The monoisotopic (exact) mass is 415 g/mol. The van der Waals surface area contributed by atoms with Crippen LogP contribution in [0.2, 0.25) is 5.02 Å². The summed E-state index contributed by atoms with van der Waals surface area (Å²) in [5, 5.41) is 4.31. The zero-order chi connectivity index (χ0) is 14.5. The summed E-state index contributed by atoms with van der Waals surface area (Å²) >= 11 is 12.6. The van der Waals surface area contributed by atoms with Gasteiger partial charge in [0.2, 0.25) is 0 Å². The highest BCUT2D eigenvalue weighted by atomic mass is 79.9. The van der Waals surface area contributed by atoms with Crippen molar-refractivity contribution in [3.05, 3.63) is 68.7 Å². The van der Waals surface area contributed by atoms with Gasteiger partial charge in [-0.15, -0.1) is 0 Å². The van der Waals surface area contributed by atoms with E-state index in [4.69, 9.17) is 11.6 Å². The first-order valence-electron chi connectivity index (χ1n) is 5.97. The molecule has 0 unspecified atom stereocenters. The Bertz CT molecular complexity index is 614. The van der Waals surface area contributed by atoms with E-state index in [2.05, 4.69) is 37.2 Å². The average molecular weight is 418 g/mol. The lowest BCUT2D eigenvalue weighted by Gasteiger charge is -2.07. The summed E-state index contributed by atoms with van der Waals surface area (Å²) in [6, 6.07) is 13.2. The summed E-state index contributed by atoms with van der Waals surface area (Å²) in [5.41, 5.74) is 2.86. The summed E-state index contributed by atoms with van der Waals surface area (Å²) in [6.07, 6.45) is 0. The third-order valence-corrected chi connectivity index (χ3v) is 4.67. The second-order valence-corrected chi connectivity index (χ2v) is 6.08. The van der Waals surface area contributed by atoms with Crippen LogP contribution in [-0.4, -0.2) is 5.91 Å². The van der Waals surface area contributed by atoms with Crippen molar-refractivity contribution in [2.24, 2.45) is 0 Å². The van der Waals surface area contributed by atoms with Crippen molar-refractivity contribution in [3.8, 4) is 0 Å². The van der Waals surface area contributed by atoms with Crippen molar-refractivity contribution in [1.29, 1.82) is 0 Å². The minimum atomic E-state index is -0.119. The van der Waals surface area contributed by atoms with Crippen LogP contribution in [-0.2, 0) is 11.9 Å². The molecule has 2 rings (SSSR count). The predicted molar refractivity (Wildman–Crippen MR) is 89.4 cm³/mol. The molecule has 0 atom stereocenters. The van der Waals surface area contributed by atoms with E-state index >= 15 is 0 Å². The van der Waals surface area contributed by atoms with E-state index in [1.165, 1.54) is 5.56 Å². The molecule has 0 aliphatic heterocycles. The van der Waals surface area contributed by atoms with Crippen LogP contribution in [0, 0.1) is 0 Å². The summed E-state index contributed by atoms with van der Waals surface area (Å²) in [4.78, 5) is 12.0. The summed E-state index contributed by atoms with van der Waals surface area (Å²) < 4.78 is 0.716. The second-order valence-electron chi connectivity index (χ2n) is 4.26. The fourth-order valence-corrected chi connectivity index (χ4v) is 2.54. The van der Waals surface area contributed by atoms with Gasteiger partial charge in [0.15, 0.2) is 0 Å². The largest absolute Gasteiger partial charge is 0.348 e. The zero-order valence-corrected chi connectivity index (χ0v) is 14.4. The first-order chi connectivity index (χ1) is 9.60. The third kappa shape index (κ3) is 4.08. The minimum absolute atomic E-state index is 0.119. The third-order valence-electron chi connectivity index (χ3n) is 2.81. The maximum absolute atomic E-state index is 12.0. The minimum Gasteiger partial charge on any atom is -0.348 e. The Morgan fingerprint density at radius 3 is 2.35 bits per heavy atom. The van der Waals surface area contributed by atoms with E-state index in [0.29, 0.717) is 21.6 Å². The summed E-state index contributed by atoms with van der Waals surface area (Å²) in [7, 11) is 0. The van der Waals surface area contributed by atoms with Crippen molar-refractivity contribution in [1.82, 2.24) is 5.32 Å². The van der Waals surface area contributed by atoms with Crippen LogP contribution in [0.4, 0.5) is 0 Å². The van der Waals surface area contributed by atoms with Crippen LogP contribution >= 0.6 is 43.5 Å². The van der Waals surface area contributed by atoms with Crippen molar-refractivity contribution in [3.63, 3.8) is 0 Å². The van der Waals surface area contributed by atoms with Gasteiger partial charge in [-0.3, -0.25) is 4.79 Å². The van der Waals surface area contributed by atoms with Crippen molar-refractivity contribution in [2.75, 3.05) is 0 Å². The topological polar surface area (TPSA) is 29.1 Å². The fourth-order valence-electron chi connectivity index (χ4n) is 1.67. The number of hydrogen-bond acceptors (Lipinski definition) is 1. The first kappa shape index (κ1) is 15.5. The number of halogens is 3. The van der Waals surface area contributed by atoms with Crippen LogP contribution in [0.3, 0.4) is 0 Å². The zero-order valence-electron chi connectivity index (χ0n) is 10.5. The Morgan fingerprint density at radius 1 is 1.10 bits per heavy atom. The molecule has 1 amide bonds. The molecule has 2 aromatic carbocycles. The number of alkyl halides is 1. The van der Waals surface area contributed by atoms with Gasteiger partial charge in [0.05, 0.1) is 5.02 Å². The molecule has 104 valence electrons. The standard InChI is InChI=1S/C15H12Br2ClNO/c16-8-10-1-3-11(4-2-10)9-19-15(20)12-5-6-14(18)13(17)7-12/h1-7H,8-9H2,(H,19,20). The van der Waals surface area contributed by atoms with Crippen LogP contribution in [0.1, 0.15) is 21.5 Å². The SMILES string of the molecule is O=C(NCc1ccc(CBr)cc1)c1ccc(Cl)c(Br)c1. The second kappa shape index (κ2) is 7.25. The number of carbonyl (C=O) groups excluding carboxylic acids is 1. The molecule has 0 heterocycles. The predicted octanol–water partition coefficient (Wildman–Crippen LogP) is 4.93. The molecular weight excluding hydrogens is 405 g/mol. The van der Waals surface area contributed by atoms with Crippen LogP contribution in [0.25, 0.3) is 0 Å². The molecule has 0 spiro atoms. The molecule has 0 saturated carbocycles.